The Kier molecular flexibility index (Phi) is 3.66. The maximum atomic E-state index is 2.56. The minimum atomic E-state index is 0.265. The molecule has 0 spiro atoms. The monoisotopic (exact) mass is 576 g/mol. The molecule has 4 aliphatic rings. The number of hydrogen-bond donors (Lipinski definition) is 0. The van der Waals surface area contributed by atoms with E-state index in [0.29, 0.717) is 29.9 Å². The molecule has 0 bridgehead atoms. The second-order valence-electron chi connectivity index (χ2n) is 9.34. The fraction of sp³-hybridized carbons (Fsp3) is 0. The molecule has 5 aromatic carbocycles. The Labute approximate surface area is 217 Å². The van der Waals surface area contributed by atoms with Crippen LogP contribution < -0.4 is 44.0 Å². The van der Waals surface area contributed by atoms with Crippen LogP contribution in [0.25, 0.3) is 0 Å². The molecule has 0 aromatic heterocycles. The van der Waals surface area contributed by atoms with E-state index < -0.39 is 0 Å². The zero-order valence-electron chi connectivity index (χ0n) is 18.6. The molecule has 4 heterocycles. The van der Waals surface area contributed by atoms with E-state index in [4.69, 9.17) is 0 Å². The third kappa shape index (κ3) is 2.33. The van der Waals surface area contributed by atoms with Crippen LogP contribution in [-0.4, -0.2) is 36.6 Å². The van der Waals surface area contributed by atoms with Gasteiger partial charge in [-0.15, -0.1) is 0 Å². The van der Waals surface area contributed by atoms with Crippen LogP contribution in [0.15, 0.2) is 103 Å². The Morgan fingerprint density at radius 2 is 0.857 bits per heavy atom. The first-order valence-corrected chi connectivity index (χ1v) is 15.3. The second-order valence-corrected chi connectivity index (χ2v) is 13.9. The van der Waals surface area contributed by atoms with Gasteiger partial charge in [0.2, 0.25) is 0 Å². The minimum absolute atomic E-state index is 0.265. The van der Waals surface area contributed by atoms with E-state index in [2.05, 4.69) is 113 Å². The van der Waals surface area contributed by atoms with Gasteiger partial charge >= 0.3 is 218 Å². The van der Waals surface area contributed by atoms with E-state index in [0.717, 1.165) is 0 Å². The summed E-state index contributed by atoms with van der Waals surface area (Å²) < 4.78 is 5.91. The van der Waals surface area contributed by atoms with Gasteiger partial charge in [0.15, 0.2) is 0 Å². The van der Waals surface area contributed by atoms with Gasteiger partial charge in [-0.25, -0.2) is 0 Å². The fourth-order valence-electron chi connectivity index (χ4n) is 6.33. The molecule has 162 valence electrons. The summed E-state index contributed by atoms with van der Waals surface area (Å²) in [6, 6.07) is 39.0. The molecule has 0 N–H and O–H groups in total. The molecular weight excluding hydrogens is 557 g/mol. The molecule has 2 nitrogen and oxygen atoms in total. The standard InChI is InChI=1S/C30H17BN2Se2/c1-3-14-24-20(10-1)32-22-12-7-13-23-28(22)31(18-8-5-16-26(34-24)29(18)32)19-9-6-17-27-30(19)33(23)21-11-2-4-15-25(21)35-27/h1-17H. The predicted molar refractivity (Wildman–Crippen MR) is 151 cm³/mol. The summed E-state index contributed by atoms with van der Waals surface area (Å²) in [5.41, 5.74) is 12.6. The molecule has 0 unspecified atom stereocenters. The van der Waals surface area contributed by atoms with Gasteiger partial charge in [0.05, 0.1) is 0 Å². The summed E-state index contributed by atoms with van der Waals surface area (Å²) in [4.78, 5) is 5.13. The third-order valence-electron chi connectivity index (χ3n) is 7.61. The summed E-state index contributed by atoms with van der Waals surface area (Å²) in [5, 5.41) is 0. The molecule has 0 saturated carbocycles. The van der Waals surface area contributed by atoms with Crippen molar-refractivity contribution in [3.05, 3.63) is 103 Å². The van der Waals surface area contributed by atoms with Crippen LogP contribution in [0.4, 0.5) is 34.1 Å². The molecule has 4 aliphatic heterocycles. The summed E-state index contributed by atoms with van der Waals surface area (Å²) in [6.07, 6.45) is 0. The van der Waals surface area contributed by atoms with E-state index in [1.54, 1.807) is 0 Å². The number of benzene rings is 5. The zero-order chi connectivity index (χ0) is 22.7. The molecule has 9 rings (SSSR count). The Morgan fingerprint density at radius 1 is 0.429 bits per heavy atom. The number of anilines is 6. The topological polar surface area (TPSA) is 6.48 Å². The number of nitrogens with zero attached hydrogens (tertiary/aromatic N) is 2. The number of fused-ring (bicyclic) bond motifs is 8. The van der Waals surface area contributed by atoms with Gasteiger partial charge in [0.25, 0.3) is 0 Å². The van der Waals surface area contributed by atoms with Crippen molar-refractivity contribution >= 4 is 105 Å². The molecular formula is C30H17BN2Se2. The van der Waals surface area contributed by atoms with Crippen molar-refractivity contribution in [2.24, 2.45) is 0 Å². The summed E-state index contributed by atoms with van der Waals surface area (Å²) in [6.45, 7) is 0.265. The summed E-state index contributed by atoms with van der Waals surface area (Å²) >= 11 is 0.624. The van der Waals surface area contributed by atoms with E-state index >= 15 is 0 Å². The zero-order valence-corrected chi connectivity index (χ0v) is 22.0. The normalized spacial score (nSPS) is 15.0. The quantitative estimate of drug-likeness (QED) is 0.255. The van der Waals surface area contributed by atoms with Crippen LogP contribution in [-0.2, 0) is 0 Å². The molecule has 0 aliphatic carbocycles. The van der Waals surface area contributed by atoms with Gasteiger partial charge in [0, 0.05) is 0 Å². The molecule has 0 radical (unpaired) electrons. The van der Waals surface area contributed by atoms with Crippen LogP contribution in [0, 0.1) is 0 Å². The Balaban J connectivity index is 1.43. The van der Waals surface area contributed by atoms with E-state index in [1.807, 2.05) is 0 Å². The molecule has 5 aromatic rings. The number of para-hydroxylation sites is 4. The van der Waals surface area contributed by atoms with Crippen LogP contribution >= 0.6 is 0 Å². The summed E-state index contributed by atoms with van der Waals surface area (Å²) in [5.74, 6) is 0. The fourth-order valence-corrected chi connectivity index (χ4v) is 10.9. The number of hydrogen-bond acceptors (Lipinski definition) is 2. The molecule has 0 atom stereocenters. The van der Waals surface area contributed by atoms with Crippen LogP contribution in [0.3, 0.4) is 0 Å². The van der Waals surface area contributed by atoms with Gasteiger partial charge in [-0.05, 0) is 0 Å². The summed E-state index contributed by atoms with van der Waals surface area (Å²) in [7, 11) is 0. The van der Waals surface area contributed by atoms with Crippen LogP contribution in [0.5, 0.6) is 0 Å². The maximum absolute atomic E-state index is 2.56. The molecule has 0 saturated heterocycles. The Hall–Kier alpha value is -3.20. The average Bonchev–Trinajstić information content (AvgIpc) is 2.91. The van der Waals surface area contributed by atoms with Crippen LogP contribution in [0.2, 0.25) is 0 Å². The first kappa shape index (κ1) is 19.0. The van der Waals surface area contributed by atoms with E-state index in [1.165, 1.54) is 68.4 Å². The van der Waals surface area contributed by atoms with Gasteiger partial charge < -0.3 is 0 Å². The van der Waals surface area contributed by atoms with Crippen LogP contribution in [0.1, 0.15) is 0 Å². The van der Waals surface area contributed by atoms with Gasteiger partial charge in [-0.2, -0.15) is 0 Å². The Morgan fingerprint density at radius 3 is 1.40 bits per heavy atom. The van der Waals surface area contributed by atoms with Crippen molar-refractivity contribution in [2.75, 3.05) is 9.80 Å². The third-order valence-corrected chi connectivity index (χ3v) is 12.3. The predicted octanol–water partition coefficient (Wildman–Crippen LogP) is 1.71. The van der Waals surface area contributed by atoms with Crippen molar-refractivity contribution in [3.63, 3.8) is 0 Å². The van der Waals surface area contributed by atoms with Crippen molar-refractivity contribution in [1.82, 2.24) is 0 Å². The number of rotatable bonds is 0. The molecule has 0 fully saturated rings. The molecule has 35 heavy (non-hydrogen) atoms. The van der Waals surface area contributed by atoms with Gasteiger partial charge in [-0.3, -0.25) is 0 Å². The Bertz CT molecular complexity index is 1620. The van der Waals surface area contributed by atoms with E-state index in [9.17, 15) is 0 Å². The molecule has 5 heteroatoms. The first-order chi connectivity index (χ1) is 17.4. The van der Waals surface area contributed by atoms with Crippen molar-refractivity contribution in [2.45, 2.75) is 0 Å². The van der Waals surface area contributed by atoms with Gasteiger partial charge in [-0.1, -0.05) is 0 Å². The van der Waals surface area contributed by atoms with E-state index in [-0.39, 0.29) is 6.71 Å². The van der Waals surface area contributed by atoms with Crippen molar-refractivity contribution in [1.29, 1.82) is 0 Å². The second kappa shape index (κ2) is 6.72. The van der Waals surface area contributed by atoms with Gasteiger partial charge in [0.1, 0.15) is 0 Å². The molecule has 0 amide bonds. The van der Waals surface area contributed by atoms with Crippen molar-refractivity contribution in [3.8, 4) is 0 Å². The van der Waals surface area contributed by atoms with Crippen molar-refractivity contribution < 1.29 is 0 Å². The SMILES string of the molecule is c1ccc2c(c1)[Se]c1cccc3c1N2c1cccc2c1B3c1cccc3c1N2c1ccccc1[Se]3. The average molecular weight is 574 g/mol. The first-order valence-electron chi connectivity index (χ1n) is 11.9.